The predicted octanol–water partition coefficient (Wildman–Crippen LogP) is 3.14. The van der Waals surface area contributed by atoms with E-state index in [1.807, 2.05) is 23.1 Å². The SMILES string of the molecule is COc1ccc(CNC(=O)CC[C@@H]2CCCN(C(=O)C3CCC3)C2)c(OC)c1. The van der Waals surface area contributed by atoms with Crippen molar-refractivity contribution < 1.29 is 19.1 Å². The van der Waals surface area contributed by atoms with E-state index in [4.69, 9.17) is 9.47 Å². The number of nitrogens with one attached hydrogen (secondary N) is 1. The molecule has 154 valence electrons. The molecule has 1 aromatic rings. The monoisotopic (exact) mass is 388 g/mol. The third-order valence-corrected chi connectivity index (χ3v) is 6.03. The zero-order chi connectivity index (χ0) is 19.9. The van der Waals surface area contributed by atoms with Gasteiger partial charge in [-0.25, -0.2) is 0 Å². The van der Waals surface area contributed by atoms with Gasteiger partial charge in [0.25, 0.3) is 0 Å². The van der Waals surface area contributed by atoms with Crippen LogP contribution in [0.25, 0.3) is 0 Å². The van der Waals surface area contributed by atoms with Crippen LogP contribution in [0.5, 0.6) is 11.5 Å². The minimum Gasteiger partial charge on any atom is -0.497 e. The van der Waals surface area contributed by atoms with Crippen LogP contribution in [0.4, 0.5) is 0 Å². The largest absolute Gasteiger partial charge is 0.497 e. The highest BCUT2D eigenvalue weighted by atomic mass is 16.5. The Balaban J connectivity index is 1.42. The van der Waals surface area contributed by atoms with Crippen LogP contribution >= 0.6 is 0 Å². The number of amides is 2. The Bertz CT molecular complexity index is 687. The van der Waals surface area contributed by atoms with E-state index < -0.39 is 0 Å². The highest BCUT2D eigenvalue weighted by Crippen LogP contribution is 2.31. The van der Waals surface area contributed by atoms with Gasteiger partial charge in [0.15, 0.2) is 0 Å². The Morgan fingerprint density at radius 1 is 1.14 bits per heavy atom. The summed E-state index contributed by atoms with van der Waals surface area (Å²) in [7, 11) is 3.22. The van der Waals surface area contributed by atoms with Gasteiger partial charge in [-0.2, -0.15) is 0 Å². The fourth-order valence-corrected chi connectivity index (χ4v) is 4.03. The van der Waals surface area contributed by atoms with Crippen molar-refractivity contribution in [1.82, 2.24) is 10.2 Å². The summed E-state index contributed by atoms with van der Waals surface area (Å²) < 4.78 is 10.6. The molecule has 2 fully saturated rings. The molecule has 2 aliphatic rings. The van der Waals surface area contributed by atoms with Crippen LogP contribution in [-0.4, -0.2) is 44.0 Å². The van der Waals surface area contributed by atoms with Gasteiger partial charge in [-0.1, -0.05) is 6.42 Å². The van der Waals surface area contributed by atoms with E-state index in [0.29, 0.717) is 30.5 Å². The highest BCUT2D eigenvalue weighted by Gasteiger charge is 2.32. The molecular formula is C22H32N2O4. The van der Waals surface area contributed by atoms with Crippen LogP contribution in [0, 0.1) is 11.8 Å². The Morgan fingerprint density at radius 3 is 2.64 bits per heavy atom. The highest BCUT2D eigenvalue weighted by molar-refractivity contribution is 5.79. The molecule has 1 heterocycles. The zero-order valence-electron chi connectivity index (χ0n) is 17.0. The quantitative estimate of drug-likeness (QED) is 0.743. The molecule has 1 aliphatic heterocycles. The normalized spacial score (nSPS) is 19.6. The van der Waals surface area contributed by atoms with Gasteiger partial charge in [-0.05, 0) is 50.2 Å². The molecular weight excluding hydrogens is 356 g/mol. The zero-order valence-corrected chi connectivity index (χ0v) is 17.0. The number of benzene rings is 1. The van der Waals surface area contributed by atoms with Crippen LogP contribution in [0.1, 0.15) is 50.5 Å². The van der Waals surface area contributed by atoms with E-state index in [9.17, 15) is 9.59 Å². The van der Waals surface area contributed by atoms with Crippen molar-refractivity contribution in [2.75, 3.05) is 27.3 Å². The number of ether oxygens (including phenoxy) is 2. The number of piperidine rings is 1. The molecule has 0 radical (unpaired) electrons. The number of hydrogen-bond acceptors (Lipinski definition) is 4. The van der Waals surface area contributed by atoms with Gasteiger partial charge in [0.05, 0.1) is 14.2 Å². The van der Waals surface area contributed by atoms with Crippen LogP contribution < -0.4 is 14.8 Å². The first-order valence-corrected chi connectivity index (χ1v) is 10.4. The number of likely N-dealkylation sites (tertiary alicyclic amines) is 1. The molecule has 1 N–H and O–H groups in total. The van der Waals surface area contributed by atoms with Crippen LogP contribution in [0.2, 0.25) is 0 Å². The van der Waals surface area contributed by atoms with Crippen molar-refractivity contribution in [2.24, 2.45) is 11.8 Å². The van der Waals surface area contributed by atoms with Crippen molar-refractivity contribution in [1.29, 1.82) is 0 Å². The van der Waals surface area contributed by atoms with E-state index in [1.165, 1.54) is 6.42 Å². The smallest absolute Gasteiger partial charge is 0.225 e. The van der Waals surface area contributed by atoms with Crippen molar-refractivity contribution in [3.63, 3.8) is 0 Å². The number of methoxy groups -OCH3 is 2. The number of nitrogens with zero attached hydrogens (tertiary/aromatic N) is 1. The Kier molecular flexibility index (Phi) is 7.18. The number of hydrogen-bond donors (Lipinski definition) is 1. The fourth-order valence-electron chi connectivity index (χ4n) is 4.03. The fraction of sp³-hybridized carbons (Fsp3) is 0.636. The topological polar surface area (TPSA) is 67.9 Å². The summed E-state index contributed by atoms with van der Waals surface area (Å²) in [5.41, 5.74) is 0.923. The van der Waals surface area contributed by atoms with Gasteiger partial charge in [0.1, 0.15) is 11.5 Å². The second-order valence-electron chi connectivity index (χ2n) is 7.91. The van der Waals surface area contributed by atoms with E-state index >= 15 is 0 Å². The maximum absolute atomic E-state index is 12.5. The molecule has 1 atom stereocenters. The van der Waals surface area contributed by atoms with Gasteiger partial charge < -0.3 is 19.7 Å². The second-order valence-corrected chi connectivity index (χ2v) is 7.91. The van der Waals surface area contributed by atoms with Crippen molar-refractivity contribution >= 4 is 11.8 Å². The Labute approximate surface area is 167 Å². The molecule has 6 heteroatoms. The number of carbonyl (C=O) groups is 2. The summed E-state index contributed by atoms with van der Waals surface area (Å²) in [6.07, 6.45) is 6.78. The molecule has 3 rings (SSSR count). The Hall–Kier alpha value is -2.24. The molecule has 28 heavy (non-hydrogen) atoms. The summed E-state index contributed by atoms with van der Waals surface area (Å²) in [6, 6.07) is 5.58. The molecule has 6 nitrogen and oxygen atoms in total. The van der Waals surface area contributed by atoms with Gasteiger partial charge in [0, 0.05) is 43.6 Å². The molecule has 1 aliphatic carbocycles. The van der Waals surface area contributed by atoms with Crippen molar-refractivity contribution in [3.8, 4) is 11.5 Å². The molecule has 2 amide bonds. The first-order valence-electron chi connectivity index (χ1n) is 10.4. The standard InChI is InChI=1S/C22H32N2O4/c1-27-19-10-9-18(20(13-19)28-2)14-23-21(25)11-8-16-5-4-12-24(15-16)22(26)17-6-3-7-17/h9-10,13,16-17H,3-8,11-12,14-15H2,1-2H3,(H,23,25)/t16-/m0/s1. The van der Waals surface area contributed by atoms with Gasteiger partial charge >= 0.3 is 0 Å². The lowest BCUT2D eigenvalue weighted by atomic mass is 9.83. The minimum atomic E-state index is 0.0420. The molecule has 0 aromatic heterocycles. The van der Waals surface area contributed by atoms with Crippen molar-refractivity contribution in [3.05, 3.63) is 23.8 Å². The van der Waals surface area contributed by atoms with E-state index in [0.717, 1.165) is 56.5 Å². The summed E-state index contributed by atoms with van der Waals surface area (Å²) in [5.74, 6) is 2.51. The predicted molar refractivity (Wildman–Crippen MR) is 107 cm³/mol. The van der Waals surface area contributed by atoms with Gasteiger partial charge in [-0.3, -0.25) is 9.59 Å². The van der Waals surface area contributed by atoms with Crippen LogP contribution in [-0.2, 0) is 16.1 Å². The van der Waals surface area contributed by atoms with Gasteiger partial charge in [-0.15, -0.1) is 0 Å². The summed E-state index contributed by atoms with van der Waals surface area (Å²) >= 11 is 0. The minimum absolute atomic E-state index is 0.0420. The molecule has 1 saturated heterocycles. The summed E-state index contributed by atoms with van der Waals surface area (Å²) in [6.45, 7) is 2.13. The maximum atomic E-state index is 12.5. The maximum Gasteiger partial charge on any atom is 0.225 e. The molecule has 1 aromatic carbocycles. The second kappa shape index (κ2) is 9.80. The lowest BCUT2D eigenvalue weighted by Crippen LogP contribution is -2.44. The van der Waals surface area contributed by atoms with Crippen molar-refractivity contribution in [2.45, 2.75) is 51.5 Å². The van der Waals surface area contributed by atoms with Crippen LogP contribution in [0.15, 0.2) is 18.2 Å². The summed E-state index contributed by atoms with van der Waals surface area (Å²) in [4.78, 5) is 26.8. The van der Waals surface area contributed by atoms with E-state index in [2.05, 4.69) is 5.32 Å². The number of rotatable bonds is 8. The Morgan fingerprint density at radius 2 is 1.96 bits per heavy atom. The third kappa shape index (κ3) is 5.18. The molecule has 0 bridgehead atoms. The average Bonchev–Trinajstić information content (AvgIpc) is 2.69. The van der Waals surface area contributed by atoms with Crippen LogP contribution in [0.3, 0.4) is 0 Å². The first-order chi connectivity index (χ1) is 13.6. The van der Waals surface area contributed by atoms with Gasteiger partial charge in [0.2, 0.25) is 11.8 Å². The number of carbonyl (C=O) groups excluding carboxylic acids is 2. The molecule has 0 unspecified atom stereocenters. The van der Waals surface area contributed by atoms with E-state index in [1.54, 1.807) is 14.2 Å². The molecule has 1 saturated carbocycles. The lowest BCUT2D eigenvalue weighted by molar-refractivity contribution is -0.140. The van der Waals surface area contributed by atoms with E-state index in [-0.39, 0.29) is 11.8 Å². The summed E-state index contributed by atoms with van der Waals surface area (Å²) in [5, 5.41) is 2.98. The lowest BCUT2D eigenvalue weighted by Gasteiger charge is -2.37. The first kappa shape index (κ1) is 20.5. The molecule has 0 spiro atoms. The third-order valence-electron chi connectivity index (χ3n) is 6.03. The average molecular weight is 389 g/mol.